The van der Waals surface area contributed by atoms with E-state index in [9.17, 15) is 4.79 Å². The molecule has 1 unspecified atom stereocenters. The van der Waals surface area contributed by atoms with Crippen LogP contribution in [0.4, 0.5) is 5.69 Å². The Hall–Kier alpha value is -1.35. The zero-order chi connectivity index (χ0) is 14.6. The van der Waals surface area contributed by atoms with E-state index in [1.165, 1.54) is 5.56 Å². The van der Waals surface area contributed by atoms with Crippen molar-refractivity contribution in [1.29, 1.82) is 0 Å². The van der Waals surface area contributed by atoms with Crippen molar-refractivity contribution in [3.63, 3.8) is 0 Å². The van der Waals surface area contributed by atoms with Crippen molar-refractivity contribution in [1.82, 2.24) is 0 Å². The Morgan fingerprint density at radius 3 is 2.16 bits per heavy atom. The van der Waals surface area contributed by atoms with Gasteiger partial charge >= 0.3 is 0 Å². The fraction of sp³-hybridized carbons (Fsp3) is 0.562. The second-order valence-corrected chi connectivity index (χ2v) is 6.55. The molecule has 1 rings (SSSR count). The van der Waals surface area contributed by atoms with Crippen LogP contribution in [0, 0.1) is 5.92 Å². The van der Waals surface area contributed by atoms with Gasteiger partial charge in [-0.05, 0) is 35.4 Å². The molecule has 0 saturated carbocycles. The number of benzene rings is 1. The van der Waals surface area contributed by atoms with Crippen LogP contribution in [0.25, 0.3) is 0 Å². The van der Waals surface area contributed by atoms with Gasteiger partial charge in [0.2, 0.25) is 5.91 Å². The van der Waals surface area contributed by atoms with Crippen LogP contribution in [0.5, 0.6) is 0 Å². The van der Waals surface area contributed by atoms with Gasteiger partial charge in [-0.15, -0.1) is 0 Å². The quantitative estimate of drug-likeness (QED) is 0.874. The molecule has 0 bridgehead atoms. The van der Waals surface area contributed by atoms with E-state index in [0.717, 1.165) is 5.69 Å². The smallest absolute Gasteiger partial charge is 0.241 e. The molecule has 0 heterocycles. The number of carbonyl (C=O) groups excluding carboxylic acids is 1. The lowest BCUT2D eigenvalue weighted by molar-refractivity contribution is -0.117. The number of rotatable bonds is 4. The Kier molecular flexibility index (Phi) is 5.12. The first-order chi connectivity index (χ1) is 8.70. The summed E-state index contributed by atoms with van der Waals surface area (Å²) in [5.41, 5.74) is 8.02. The van der Waals surface area contributed by atoms with Gasteiger partial charge in [-0.2, -0.15) is 0 Å². The third-order valence-corrected chi connectivity index (χ3v) is 3.08. The highest BCUT2D eigenvalue weighted by molar-refractivity contribution is 5.94. The average Bonchev–Trinajstić information content (AvgIpc) is 2.27. The van der Waals surface area contributed by atoms with Crippen molar-refractivity contribution in [2.24, 2.45) is 11.7 Å². The van der Waals surface area contributed by atoms with Gasteiger partial charge in [0, 0.05) is 5.69 Å². The molecule has 3 nitrogen and oxygen atoms in total. The summed E-state index contributed by atoms with van der Waals surface area (Å²) in [5, 5.41) is 2.86. The molecule has 3 heteroatoms. The molecule has 1 aromatic carbocycles. The third kappa shape index (κ3) is 5.03. The van der Waals surface area contributed by atoms with E-state index < -0.39 is 6.04 Å². The molecule has 1 amide bonds. The molecular weight excluding hydrogens is 236 g/mol. The summed E-state index contributed by atoms with van der Waals surface area (Å²) >= 11 is 0. The summed E-state index contributed by atoms with van der Waals surface area (Å²) in [7, 11) is 0. The predicted octanol–water partition coefficient (Wildman–Crippen LogP) is 3.30. The fourth-order valence-corrected chi connectivity index (χ4v) is 1.90. The molecule has 0 aromatic heterocycles. The Morgan fingerprint density at radius 2 is 1.74 bits per heavy atom. The Morgan fingerprint density at radius 1 is 1.21 bits per heavy atom. The minimum Gasteiger partial charge on any atom is -0.325 e. The van der Waals surface area contributed by atoms with E-state index in [-0.39, 0.29) is 11.3 Å². The number of carbonyl (C=O) groups is 1. The lowest BCUT2D eigenvalue weighted by atomic mass is 9.87. The molecule has 106 valence electrons. The number of amides is 1. The highest BCUT2D eigenvalue weighted by atomic mass is 16.2. The summed E-state index contributed by atoms with van der Waals surface area (Å²) < 4.78 is 0. The largest absolute Gasteiger partial charge is 0.325 e. The Balaban J connectivity index is 2.66. The molecule has 3 N–H and O–H groups in total. The molecule has 19 heavy (non-hydrogen) atoms. The van der Waals surface area contributed by atoms with Gasteiger partial charge in [-0.25, -0.2) is 0 Å². The van der Waals surface area contributed by atoms with E-state index in [1.54, 1.807) is 0 Å². The molecule has 0 aliphatic rings. The first-order valence-corrected chi connectivity index (χ1v) is 6.87. The summed E-state index contributed by atoms with van der Waals surface area (Å²) in [5.74, 6) is 0.307. The fourth-order valence-electron chi connectivity index (χ4n) is 1.90. The average molecular weight is 262 g/mol. The van der Waals surface area contributed by atoms with E-state index in [0.29, 0.717) is 12.3 Å². The Labute approximate surface area is 116 Å². The van der Waals surface area contributed by atoms with Crippen molar-refractivity contribution in [3.05, 3.63) is 29.8 Å². The molecule has 0 aliphatic carbocycles. The van der Waals surface area contributed by atoms with Crippen LogP contribution >= 0.6 is 0 Å². The molecular formula is C16H26N2O. The second kappa shape index (κ2) is 6.20. The maximum atomic E-state index is 11.9. The molecule has 0 radical (unpaired) electrons. The van der Waals surface area contributed by atoms with Crippen LogP contribution in [0.2, 0.25) is 0 Å². The van der Waals surface area contributed by atoms with Crippen LogP contribution < -0.4 is 11.1 Å². The zero-order valence-electron chi connectivity index (χ0n) is 12.7. The summed E-state index contributed by atoms with van der Waals surface area (Å²) in [6, 6.07) is 7.51. The molecule has 0 saturated heterocycles. The SMILES string of the molecule is CC(C)CC(N)C(=O)Nc1ccc(C(C)(C)C)cc1. The van der Waals surface area contributed by atoms with Crippen molar-refractivity contribution < 1.29 is 4.79 Å². The second-order valence-electron chi connectivity index (χ2n) is 6.55. The van der Waals surface area contributed by atoms with E-state index in [1.807, 2.05) is 24.3 Å². The van der Waals surface area contributed by atoms with Crippen LogP contribution in [0.3, 0.4) is 0 Å². The summed E-state index contributed by atoms with van der Waals surface area (Å²) in [6.07, 6.45) is 0.700. The highest BCUT2D eigenvalue weighted by Gasteiger charge is 2.16. The van der Waals surface area contributed by atoms with Crippen molar-refractivity contribution >= 4 is 11.6 Å². The zero-order valence-corrected chi connectivity index (χ0v) is 12.7. The topological polar surface area (TPSA) is 55.1 Å². The first-order valence-electron chi connectivity index (χ1n) is 6.87. The number of hydrogen-bond acceptors (Lipinski definition) is 2. The maximum absolute atomic E-state index is 11.9. The first kappa shape index (κ1) is 15.7. The standard InChI is InChI=1S/C16H26N2O/c1-11(2)10-14(17)15(19)18-13-8-6-12(7-9-13)16(3,4)5/h6-9,11,14H,10,17H2,1-5H3,(H,18,19). The van der Waals surface area contributed by atoms with E-state index in [2.05, 4.69) is 39.9 Å². The van der Waals surface area contributed by atoms with Crippen LogP contribution in [0.1, 0.15) is 46.6 Å². The predicted molar refractivity (Wildman–Crippen MR) is 81.2 cm³/mol. The molecule has 0 spiro atoms. The Bertz CT molecular complexity index is 415. The van der Waals surface area contributed by atoms with Gasteiger partial charge in [-0.1, -0.05) is 46.8 Å². The van der Waals surface area contributed by atoms with Gasteiger partial charge in [0.05, 0.1) is 6.04 Å². The number of hydrogen-bond donors (Lipinski definition) is 2. The van der Waals surface area contributed by atoms with Gasteiger partial charge in [0.1, 0.15) is 0 Å². The van der Waals surface area contributed by atoms with E-state index >= 15 is 0 Å². The monoisotopic (exact) mass is 262 g/mol. The molecule has 0 fully saturated rings. The van der Waals surface area contributed by atoms with Gasteiger partial charge < -0.3 is 11.1 Å². The van der Waals surface area contributed by atoms with Crippen LogP contribution in [-0.4, -0.2) is 11.9 Å². The summed E-state index contributed by atoms with van der Waals surface area (Å²) in [4.78, 5) is 11.9. The normalized spacial score (nSPS) is 13.4. The molecule has 1 aromatic rings. The van der Waals surface area contributed by atoms with Crippen molar-refractivity contribution in [2.75, 3.05) is 5.32 Å². The molecule has 0 aliphatic heterocycles. The number of anilines is 1. The highest BCUT2D eigenvalue weighted by Crippen LogP contribution is 2.23. The minimum absolute atomic E-state index is 0.114. The van der Waals surface area contributed by atoms with Crippen molar-refractivity contribution in [3.8, 4) is 0 Å². The van der Waals surface area contributed by atoms with Gasteiger partial charge in [0.25, 0.3) is 0 Å². The van der Waals surface area contributed by atoms with E-state index in [4.69, 9.17) is 5.73 Å². The van der Waals surface area contributed by atoms with Crippen LogP contribution in [-0.2, 0) is 10.2 Å². The van der Waals surface area contributed by atoms with Gasteiger partial charge in [0.15, 0.2) is 0 Å². The lowest BCUT2D eigenvalue weighted by Gasteiger charge is -2.19. The number of nitrogens with one attached hydrogen (secondary N) is 1. The maximum Gasteiger partial charge on any atom is 0.241 e. The minimum atomic E-state index is -0.442. The number of nitrogens with two attached hydrogens (primary N) is 1. The summed E-state index contributed by atoms with van der Waals surface area (Å²) in [6.45, 7) is 10.6. The molecule has 1 atom stereocenters. The van der Waals surface area contributed by atoms with Gasteiger partial charge in [-0.3, -0.25) is 4.79 Å². The lowest BCUT2D eigenvalue weighted by Crippen LogP contribution is -2.36. The van der Waals surface area contributed by atoms with Crippen molar-refractivity contribution in [2.45, 2.75) is 52.5 Å². The third-order valence-electron chi connectivity index (χ3n) is 3.08. The van der Waals surface area contributed by atoms with Crippen LogP contribution in [0.15, 0.2) is 24.3 Å².